The van der Waals surface area contributed by atoms with Crippen molar-refractivity contribution in [1.29, 1.82) is 0 Å². The number of ether oxygens (including phenoxy) is 1. The SMILES string of the molecule is CC(C)(C)C(=O)OC1(c2cccc3ccccc23)CCNC1. The lowest BCUT2D eigenvalue weighted by Gasteiger charge is -2.33. The highest BCUT2D eigenvalue weighted by Crippen LogP contribution is 2.38. The third-order valence-electron chi connectivity index (χ3n) is 4.30. The second kappa shape index (κ2) is 5.40. The molecule has 2 aromatic rings. The minimum atomic E-state index is -0.564. The van der Waals surface area contributed by atoms with Crippen LogP contribution in [0.5, 0.6) is 0 Å². The third kappa shape index (κ3) is 2.61. The Hall–Kier alpha value is -1.87. The zero-order valence-electron chi connectivity index (χ0n) is 13.5. The lowest BCUT2D eigenvalue weighted by molar-refractivity contribution is -0.168. The van der Waals surface area contributed by atoms with E-state index in [1.165, 1.54) is 5.39 Å². The Balaban J connectivity index is 2.09. The first-order valence-corrected chi connectivity index (χ1v) is 7.85. The molecule has 0 aromatic heterocycles. The standard InChI is InChI=1S/C19H23NO2/c1-18(2,3)17(21)22-19(11-12-20-13-19)16-10-6-8-14-7-4-5-9-15(14)16/h4-10,20H,11-13H2,1-3H3. The smallest absolute Gasteiger partial charge is 0.312 e. The number of nitrogens with one attached hydrogen (secondary N) is 1. The number of hydrogen-bond donors (Lipinski definition) is 1. The van der Waals surface area contributed by atoms with Crippen molar-refractivity contribution in [2.24, 2.45) is 5.41 Å². The molecule has 0 radical (unpaired) electrons. The monoisotopic (exact) mass is 297 g/mol. The van der Waals surface area contributed by atoms with Crippen LogP contribution < -0.4 is 5.32 Å². The number of fused-ring (bicyclic) bond motifs is 1. The van der Waals surface area contributed by atoms with Crippen molar-refractivity contribution in [3.63, 3.8) is 0 Å². The van der Waals surface area contributed by atoms with Crippen molar-refractivity contribution >= 4 is 16.7 Å². The minimum absolute atomic E-state index is 0.149. The van der Waals surface area contributed by atoms with Gasteiger partial charge in [-0.25, -0.2) is 0 Å². The van der Waals surface area contributed by atoms with Crippen LogP contribution in [-0.2, 0) is 15.1 Å². The Morgan fingerprint density at radius 3 is 2.55 bits per heavy atom. The molecule has 1 aliphatic rings. The molecule has 1 unspecified atom stereocenters. The van der Waals surface area contributed by atoms with Crippen molar-refractivity contribution in [3.05, 3.63) is 48.0 Å². The molecular formula is C19H23NO2. The Labute approximate surface area is 131 Å². The minimum Gasteiger partial charge on any atom is -0.452 e. The molecule has 3 heteroatoms. The predicted molar refractivity (Wildman–Crippen MR) is 88.7 cm³/mol. The van der Waals surface area contributed by atoms with Crippen LogP contribution in [0.15, 0.2) is 42.5 Å². The molecule has 0 bridgehead atoms. The van der Waals surface area contributed by atoms with E-state index in [9.17, 15) is 4.79 Å². The highest BCUT2D eigenvalue weighted by Gasteiger charge is 2.42. The second-order valence-corrected chi connectivity index (χ2v) is 7.09. The summed E-state index contributed by atoms with van der Waals surface area (Å²) in [5.41, 5.74) is 0.0407. The molecule has 3 rings (SSSR count). The molecule has 116 valence electrons. The van der Waals surface area contributed by atoms with Gasteiger partial charge in [0.15, 0.2) is 5.60 Å². The van der Waals surface area contributed by atoms with Crippen LogP contribution in [0.25, 0.3) is 10.8 Å². The van der Waals surface area contributed by atoms with Gasteiger partial charge >= 0.3 is 5.97 Å². The van der Waals surface area contributed by atoms with Crippen LogP contribution in [0.3, 0.4) is 0 Å². The summed E-state index contributed by atoms with van der Waals surface area (Å²) in [5, 5.41) is 5.70. The highest BCUT2D eigenvalue weighted by molar-refractivity contribution is 5.87. The quantitative estimate of drug-likeness (QED) is 0.860. The average Bonchev–Trinajstić information content (AvgIpc) is 2.95. The van der Waals surface area contributed by atoms with Gasteiger partial charge in [0, 0.05) is 18.5 Å². The fourth-order valence-electron chi connectivity index (χ4n) is 2.99. The Bertz CT molecular complexity index is 689. The predicted octanol–water partition coefficient (Wildman–Crippen LogP) is 3.62. The van der Waals surface area contributed by atoms with Crippen LogP contribution in [-0.4, -0.2) is 19.1 Å². The highest BCUT2D eigenvalue weighted by atomic mass is 16.6. The molecule has 1 N–H and O–H groups in total. The van der Waals surface area contributed by atoms with Gasteiger partial charge in [-0.2, -0.15) is 0 Å². The van der Waals surface area contributed by atoms with Gasteiger partial charge in [-0.15, -0.1) is 0 Å². The molecule has 0 amide bonds. The molecule has 2 aromatic carbocycles. The molecule has 0 aliphatic carbocycles. The van der Waals surface area contributed by atoms with Crippen molar-refractivity contribution in [2.75, 3.05) is 13.1 Å². The average molecular weight is 297 g/mol. The van der Waals surface area contributed by atoms with Crippen LogP contribution >= 0.6 is 0 Å². The maximum absolute atomic E-state index is 12.5. The van der Waals surface area contributed by atoms with Crippen molar-refractivity contribution in [2.45, 2.75) is 32.8 Å². The normalized spacial score (nSPS) is 22.0. The van der Waals surface area contributed by atoms with E-state index >= 15 is 0 Å². The van der Waals surface area contributed by atoms with Crippen molar-refractivity contribution in [1.82, 2.24) is 5.32 Å². The summed E-state index contributed by atoms with van der Waals surface area (Å²) in [5.74, 6) is -0.149. The van der Waals surface area contributed by atoms with Crippen molar-refractivity contribution in [3.8, 4) is 0 Å². The third-order valence-corrected chi connectivity index (χ3v) is 4.30. The lowest BCUT2D eigenvalue weighted by Crippen LogP contribution is -2.38. The van der Waals surface area contributed by atoms with E-state index in [2.05, 4.69) is 29.6 Å². The van der Waals surface area contributed by atoms with Crippen LogP contribution in [0, 0.1) is 5.41 Å². The fourth-order valence-corrected chi connectivity index (χ4v) is 2.99. The van der Waals surface area contributed by atoms with Gasteiger partial charge in [-0.3, -0.25) is 4.79 Å². The molecule has 1 fully saturated rings. The molecule has 1 heterocycles. The van der Waals surface area contributed by atoms with E-state index in [0.29, 0.717) is 6.54 Å². The molecule has 1 aliphatic heterocycles. The Kier molecular flexibility index (Phi) is 3.69. The Morgan fingerprint density at radius 2 is 1.86 bits per heavy atom. The first-order valence-electron chi connectivity index (χ1n) is 7.85. The maximum atomic E-state index is 12.5. The number of carbonyl (C=O) groups excluding carboxylic acids is 1. The second-order valence-electron chi connectivity index (χ2n) is 7.09. The zero-order valence-corrected chi connectivity index (χ0v) is 13.5. The van der Waals surface area contributed by atoms with Gasteiger partial charge in [-0.1, -0.05) is 42.5 Å². The molecule has 3 nitrogen and oxygen atoms in total. The number of benzene rings is 2. The van der Waals surface area contributed by atoms with E-state index in [1.54, 1.807) is 0 Å². The van der Waals surface area contributed by atoms with Gasteiger partial charge in [0.2, 0.25) is 0 Å². The maximum Gasteiger partial charge on any atom is 0.312 e. The van der Waals surface area contributed by atoms with E-state index in [-0.39, 0.29) is 5.97 Å². The van der Waals surface area contributed by atoms with Crippen LogP contribution in [0.1, 0.15) is 32.8 Å². The molecule has 0 saturated carbocycles. The summed E-state index contributed by atoms with van der Waals surface area (Å²) >= 11 is 0. The van der Waals surface area contributed by atoms with E-state index < -0.39 is 11.0 Å². The van der Waals surface area contributed by atoms with Gasteiger partial charge < -0.3 is 10.1 Å². The zero-order chi connectivity index (χ0) is 15.8. The van der Waals surface area contributed by atoms with Crippen LogP contribution in [0.2, 0.25) is 0 Å². The fraction of sp³-hybridized carbons (Fsp3) is 0.421. The van der Waals surface area contributed by atoms with Gasteiger partial charge in [0.05, 0.1) is 5.41 Å². The molecule has 1 atom stereocenters. The van der Waals surface area contributed by atoms with Crippen molar-refractivity contribution < 1.29 is 9.53 Å². The first-order chi connectivity index (χ1) is 10.4. The van der Waals surface area contributed by atoms with Gasteiger partial charge in [-0.05, 0) is 38.1 Å². The lowest BCUT2D eigenvalue weighted by atomic mass is 9.87. The number of rotatable bonds is 2. The summed E-state index contributed by atoms with van der Waals surface area (Å²) < 4.78 is 6.06. The van der Waals surface area contributed by atoms with E-state index in [4.69, 9.17) is 4.74 Å². The topological polar surface area (TPSA) is 38.3 Å². The number of carbonyl (C=O) groups is 1. The largest absolute Gasteiger partial charge is 0.452 e. The molecule has 22 heavy (non-hydrogen) atoms. The number of esters is 1. The van der Waals surface area contributed by atoms with Crippen LogP contribution in [0.4, 0.5) is 0 Å². The summed E-state index contributed by atoms with van der Waals surface area (Å²) in [6.45, 7) is 7.22. The molecule has 1 saturated heterocycles. The summed E-state index contributed by atoms with van der Waals surface area (Å²) in [4.78, 5) is 12.5. The van der Waals surface area contributed by atoms with Gasteiger partial charge in [0.25, 0.3) is 0 Å². The molecule has 0 spiro atoms. The van der Waals surface area contributed by atoms with Gasteiger partial charge in [0.1, 0.15) is 0 Å². The summed E-state index contributed by atoms with van der Waals surface area (Å²) in [7, 11) is 0. The summed E-state index contributed by atoms with van der Waals surface area (Å²) in [6.07, 6.45) is 0.808. The number of hydrogen-bond acceptors (Lipinski definition) is 3. The van der Waals surface area contributed by atoms with E-state index in [1.807, 2.05) is 39.0 Å². The Morgan fingerprint density at radius 1 is 1.14 bits per heavy atom. The molecular weight excluding hydrogens is 274 g/mol. The van der Waals surface area contributed by atoms with E-state index in [0.717, 1.165) is 23.9 Å². The first kappa shape index (κ1) is 15.0. The summed E-state index contributed by atoms with van der Waals surface area (Å²) in [6, 6.07) is 14.5.